The van der Waals surface area contributed by atoms with Crippen LogP contribution in [0.1, 0.15) is 24.5 Å². The molecular formula is C18H20N2O3. The Kier molecular flexibility index (Phi) is 3.94. The minimum atomic E-state index is -0.648. The van der Waals surface area contributed by atoms with Gasteiger partial charge in [-0.3, -0.25) is 0 Å². The molecule has 2 heterocycles. The van der Waals surface area contributed by atoms with Gasteiger partial charge in [0.1, 0.15) is 23.2 Å². The van der Waals surface area contributed by atoms with Crippen LogP contribution in [-0.2, 0) is 15.1 Å². The molecule has 2 aromatic rings. The van der Waals surface area contributed by atoms with Crippen molar-refractivity contribution < 1.29 is 14.3 Å². The number of anilines is 1. The maximum absolute atomic E-state index is 12.2. The summed E-state index contributed by atoms with van der Waals surface area (Å²) in [7, 11) is 1.63. The molecule has 5 nitrogen and oxygen atoms in total. The molecule has 0 aliphatic carbocycles. The van der Waals surface area contributed by atoms with Crippen molar-refractivity contribution in [1.29, 1.82) is 0 Å². The molecule has 0 amide bonds. The van der Waals surface area contributed by atoms with E-state index >= 15 is 0 Å². The smallest absolute Gasteiger partial charge is 0.329 e. The minimum absolute atomic E-state index is 0.258. The van der Waals surface area contributed by atoms with Gasteiger partial charge in [-0.25, -0.2) is 9.78 Å². The van der Waals surface area contributed by atoms with Gasteiger partial charge in [0.2, 0.25) is 0 Å². The fourth-order valence-electron chi connectivity index (χ4n) is 2.83. The summed E-state index contributed by atoms with van der Waals surface area (Å²) in [6.45, 7) is 3.92. The summed E-state index contributed by atoms with van der Waals surface area (Å²) in [5.41, 5.74) is 1.39. The molecule has 0 spiro atoms. The number of ether oxygens (including phenoxy) is 2. The van der Waals surface area contributed by atoms with E-state index in [9.17, 15) is 4.79 Å². The molecular weight excluding hydrogens is 292 g/mol. The highest BCUT2D eigenvalue weighted by Crippen LogP contribution is 2.38. The van der Waals surface area contributed by atoms with Crippen LogP contribution in [0, 0.1) is 6.92 Å². The lowest BCUT2D eigenvalue weighted by atomic mass is 9.91. The van der Waals surface area contributed by atoms with Gasteiger partial charge >= 0.3 is 5.97 Å². The number of methoxy groups -OCH3 is 1. The van der Waals surface area contributed by atoms with Gasteiger partial charge in [0.25, 0.3) is 0 Å². The highest BCUT2D eigenvalue weighted by Gasteiger charge is 2.44. The van der Waals surface area contributed by atoms with Crippen LogP contribution in [0.4, 0.5) is 5.82 Å². The Bertz CT molecular complexity index is 714. The van der Waals surface area contributed by atoms with Crippen LogP contribution in [0.3, 0.4) is 0 Å². The number of hydrogen-bond donors (Lipinski definition) is 1. The number of hydrogen-bond acceptors (Lipinski definition) is 5. The van der Waals surface area contributed by atoms with Crippen molar-refractivity contribution in [2.75, 3.05) is 12.4 Å². The SMILES string of the molecule is COc1ccc(C2(C)CC(Nc3cc(C)ccn3)C(=O)O2)cc1. The Labute approximate surface area is 135 Å². The highest BCUT2D eigenvalue weighted by molar-refractivity contribution is 5.82. The quantitative estimate of drug-likeness (QED) is 0.879. The van der Waals surface area contributed by atoms with Gasteiger partial charge in [-0.2, -0.15) is 0 Å². The van der Waals surface area contributed by atoms with E-state index in [0.29, 0.717) is 12.2 Å². The third-order valence-electron chi connectivity index (χ3n) is 4.14. The lowest BCUT2D eigenvalue weighted by Crippen LogP contribution is -2.25. The summed E-state index contributed by atoms with van der Waals surface area (Å²) in [6.07, 6.45) is 2.27. The van der Waals surface area contributed by atoms with Crippen molar-refractivity contribution in [3.63, 3.8) is 0 Å². The average Bonchev–Trinajstić information content (AvgIpc) is 2.83. The molecule has 5 heteroatoms. The predicted molar refractivity (Wildman–Crippen MR) is 87.4 cm³/mol. The molecule has 1 N–H and O–H groups in total. The van der Waals surface area contributed by atoms with E-state index in [2.05, 4.69) is 10.3 Å². The number of carbonyl (C=O) groups is 1. The van der Waals surface area contributed by atoms with Gasteiger partial charge in [-0.05, 0) is 49.2 Å². The molecule has 0 bridgehead atoms. The van der Waals surface area contributed by atoms with Crippen LogP contribution in [0.2, 0.25) is 0 Å². The van der Waals surface area contributed by atoms with Crippen molar-refractivity contribution in [3.8, 4) is 5.75 Å². The van der Waals surface area contributed by atoms with Crippen LogP contribution in [0.5, 0.6) is 5.75 Å². The first kappa shape index (κ1) is 15.3. The van der Waals surface area contributed by atoms with Crippen molar-refractivity contribution in [2.24, 2.45) is 0 Å². The summed E-state index contributed by atoms with van der Waals surface area (Å²) in [6, 6.07) is 11.0. The van der Waals surface area contributed by atoms with Gasteiger partial charge in [0.15, 0.2) is 0 Å². The first-order chi connectivity index (χ1) is 11.0. The number of esters is 1. The van der Waals surface area contributed by atoms with Gasteiger partial charge in [-0.15, -0.1) is 0 Å². The summed E-state index contributed by atoms with van der Waals surface area (Å²) < 4.78 is 10.8. The normalized spacial score (nSPS) is 23.4. The number of cyclic esters (lactones) is 1. The predicted octanol–water partition coefficient (Wildman–Crippen LogP) is 3.04. The second kappa shape index (κ2) is 5.91. The van der Waals surface area contributed by atoms with E-state index in [4.69, 9.17) is 9.47 Å². The zero-order valence-electron chi connectivity index (χ0n) is 13.5. The fourth-order valence-corrected chi connectivity index (χ4v) is 2.83. The largest absolute Gasteiger partial charge is 0.497 e. The zero-order chi connectivity index (χ0) is 16.4. The maximum Gasteiger partial charge on any atom is 0.329 e. The van der Waals surface area contributed by atoms with Gasteiger partial charge in [0, 0.05) is 12.6 Å². The Morgan fingerprint density at radius 2 is 2.04 bits per heavy atom. The van der Waals surface area contributed by atoms with Crippen molar-refractivity contribution >= 4 is 11.8 Å². The molecule has 1 saturated heterocycles. The van der Waals surface area contributed by atoms with E-state index in [-0.39, 0.29) is 5.97 Å². The molecule has 1 aromatic carbocycles. The number of pyridine rings is 1. The fraction of sp³-hybridized carbons (Fsp3) is 0.333. The van der Waals surface area contributed by atoms with Gasteiger partial charge in [-0.1, -0.05) is 12.1 Å². The number of carbonyl (C=O) groups excluding carboxylic acids is 1. The molecule has 2 atom stereocenters. The summed E-state index contributed by atoms with van der Waals surface area (Å²) in [4.78, 5) is 16.5. The molecule has 0 radical (unpaired) electrons. The molecule has 0 saturated carbocycles. The topological polar surface area (TPSA) is 60.5 Å². The molecule has 1 aliphatic rings. The number of aryl methyl sites for hydroxylation is 1. The van der Waals surface area contributed by atoms with E-state index < -0.39 is 11.6 Å². The first-order valence-electron chi connectivity index (χ1n) is 7.57. The lowest BCUT2D eigenvalue weighted by Gasteiger charge is -2.23. The van der Waals surface area contributed by atoms with Crippen LogP contribution >= 0.6 is 0 Å². The zero-order valence-corrected chi connectivity index (χ0v) is 13.5. The molecule has 1 fully saturated rings. The van der Waals surface area contributed by atoms with E-state index in [1.165, 1.54) is 0 Å². The van der Waals surface area contributed by atoms with Crippen LogP contribution in [-0.4, -0.2) is 24.1 Å². The molecule has 1 aromatic heterocycles. The monoisotopic (exact) mass is 312 g/mol. The second-order valence-electron chi connectivity index (χ2n) is 6.00. The number of benzene rings is 1. The molecule has 1 aliphatic heterocycles. The number of aromatic nitrogens is 1. The Hall–Kier alpha value is -2.56. The van der Waals surface area contributed by atoms with Crippen LogP contribution < -0.4 is 10.1 Å². The number of nitrogens with one attached hydrogen (secondary N) is 1. The number of rotatable bonds is 4. The van der Waals surface area contributed by atoms with Crippen molar-refractivity contribution in [3.05, 3.63) is 53.7 Å². The second-order valence-corrected chi connectivity index (χ2v) is 6.00. The van der Waals surface area contributed by atoms with E-state index in [0.717, 1.165) is 16.9 Å². The molecule has 23 heavy (non-hydrogen) atoms. The molecule has 120 valence electrons. The Morgan fingerprint density at radius 1 is 1.30 bits per heavy atom. The Balaban J connectivity index is 1.77. The third kappa shape index (κ3) is 3.13. The van der Waals surface area contributed by atoms with Crippen molar-refractivity contribution in [1.82, 2.24) is 4.98 Å². The van der Waals surface area contributed by atoms with Crippen LogP contribution in [0.15, 0.2) is 42.6 Å². The number of nitrogens with zero attached hydrogens (tertiary/aromatic N) is 1. The lowest BCUT2D eigenvalue weighted by molar-refractivity contribution is -0.148. The third-order valence-corrected chi connectivity index (χ3v) is 4.14. The van der Waals surface area contributed by atoms with Crippen molar-refractivity contribution in [2.45, 2.75) is 31.9 Å². The average molecular weight is 312 g/mol. The van der Waals surface area contributed by atoms with E-state index in [1.807, 2.05) is 50.2 Å². The molecule has 3 rings (SSSR count). The maximum atomic E-state index is 12.2. The van der Waals surface area contributed by atoms with Gasteiger partial charge < -0.3 is 14.8 Å². The summed E-state index contributed by atoms with van der Waals surface area (Å²) in [5.74, 6) is 1.21. The minimum Gasteiger partial charge on any atom is -0.497 e. The molecule has 2 unspecified atom stereocenters. The standard InChI is InChI=1S/C18H20N2O3/c1-12-8-9-19-16(10-12)20-15-11-18(2,23-17(15)21)13-4-6-14(22-3)7-5-13/h4-10,15H,11H2,1-3H3,(H,19,20). The summed E-state index contributed by atoms with van der Waals surface area (Å²) >= 11 is 0. The van der Waals surface area contributed by atoms with Crippen LogP contribution in [0.25, 0.3) is 0 Å². The van der Waals surface area contributed by atoms with Gasteiger partial charge in [0.05, 0.1) is 7.11 Å². The van der Waals surface area contributed by atoms with E-state index in [1.54, 1.807) is 13.3 Å². The highest BCUT2D eigenvalue weighted by atomic mass is 16.6. The Morgan fingerprint density at radius 3 is 2.70 bits per heavy atom. The first-order valence-corrected chi connectivity index (χ1v) is 7.57. The summed E-state index contributed by atoms with van der Waals surface area (Å²) in [5, 5.41) is 3.17.